The molecule has 19 heavy (non-hydrogen) atoms. The van der Waals surface area contributed by atoms with Crippen LogP contribution in [0.5, 0.6) is 0 Å². The summed E-state index contributed by atoms with van der Waals surface area (Å²) in [5.74, 6) is 1.75. The van der Waals surface area contributed by atoms with Gasteiger partial charge in [-0.05, 0) is 24.6 Å². The van der Waals surface area contributed by atoms with Gasteiger partial charge in [0.2, 0.25) is 0 Å². The van der Waals surface area contributed by atoms with Crippen molar-refractivity contribution in [1.82, 2.24) is 9.97 Å². The number of thioether (sulfide) groups is 1. The number of rotatable bonds is 6. The van der Waals surface area contributed by atoms with Crippen LogP contribution in [0.15, 0.2) is 41.7 Å². The highest BCUT2D eigenvalue weighted by Crippen LogP contribution is 2.28. The van der Waals surface area contributed by atoms with E-state index in [2.05, 4.69) is 28.3 Å². The Morgan fingerprint density at radius 3 is 2.79 bits per heavy atom. The second-order valence-electron chi connectivity index (χ2n) is 4.02. The molecule has 100 valence electrons. The Morgan fingerprint density at radius 1 is 1.21 bits per heavy atom. The third kappa shape index (κ3) is 4.11. The predicted molar refractivity (Wildman–Crippen MR) is 81.8 cm³/mol. The Kier molecular flexibility index (Phi) is 5.48. The minimum Gasteiger partial charge on any atom is -0.370 e. The van der Waals surface area contributed by atoms with Crippen LogP contribution in [0.2, 0.25) is 5.02 Å². The lowest BCUT2D eigenvalue weighted by Gasteiger charge is -2.09. The van der Waals surface area contributed by atoms with Gasteiger partial charge in [0.1, 0.15) is 10.8 Å². The van der Waals surface area contributed by atoms with Crippen LogP contribution in [0.1, 0.15) is 18.9 Å². The Labute approximate surface area is 122 Å². The summed E-state index contributed by atoms with van der Waals surface area (Å²) in [6, 6.07) is 7.73. The largest absolute Gasteiger partial charge is 0.370 e. The zero-order valence-electron chi connectivity index (χ0n) is 10.8. The zero-order chi connectivity index (χ0) is 13.5. The van der Waals surface area contributed by atoms with E-state index in [0.717, 1.165) is 29.6 Å². The molecule has 0 atom stereocenters. The molecule has 0 aliphatic heterocycles. The van der Waals surface area contributed by atoms with Gasteiger partial charge in [-0.15, -0.1) is 11.8 Å². The van der Waals surface area contributed by atoms with Crippen molar-refractivity contribution in [3.63, 3.8) is 0 Å². The maximum Gasteiger partial charge on any atom is 0.129 e. The second kappa shape index (κ2) is 7.36. The monoisotopic (exact) mass is 293 g/mol. The predicted octanol–water partition coefficient (Wildman–Crippen LogP) is 4.24. The van der Waals surface area contributed by atoms with Crippen molar-refractivity contribution in [3.05, 3.63) is 47.2 Å². The smallest absolute Gasteiger partial charge is 0.129 e. The van der Waals surface area contributed by atoms with E-state index < -0.39 is 0 Å². The van der Waals surface area contributed by atoms with E-state index in [0.29, 0.717) is 5.02 Å². The van der Waals surface area contributed by atoms with Gasteiger partial charge in [0, 0.05) is 30.3 Å². The van der Waals surface area contributed by atoms with Gasteiger partial charge in [-0.2, -0.15) is 0 Å². The second-order valence-corrected chi connectivity index (χ2v) is 5.39. The molecule has 0 spiro atoms. The van der Waals surface area contributed by atoms with Crippen molar-refractivity contribution >= 4 is 29.2 Å². The summed E-state index contributed by atoms with van der Waals surface area (Å²) in [4.78, 5) is 8.65. The van der Waals surface area contributed by atoms with Gasteiger partial charge in [-0.3, -0.25) is 0 Å². The highest BCUT2D eigenvalue weighted by molar-refractivity contribution is 7.98. The molecule has 1 N–H and O–H groups in total. The summed E-state index contributed by atoms with van der Waals surface area (Å²) in [6.45, 7) is 3.07. The molecule has 0 saturated carbocycles. The molecule has 0 aromatic carbocycles. The Balaban J connectivity index is 2.05. The average Bonchev–Trinajstić information content (AvgIpc) is 2.45. The average molecular weight is 294 g/mol. The highest BCUT2D eigenvalue weighted by atomic mass is 35.5. The van der Waals surface area contributed by atoms with Gasteiger partial charge in [-0.1, -0.05) is 24.6 Å². The van der Waals surface area contributed by atoms with Gasteiger partial charge in [-0.25, -0.2) is 9.97 Å². The molecule has 0 radical (unpaired) electrons. The highest BCUT2D eigenvalue weighted by Gasteiger charge is 2.06. The lowest BCUT2D eigenvalue weighted by molar-refractivity contribution is 0.965. The first-order chi connectivity index (χ1) is 9.31. The standard InChI is InChI=1S/C14H16ClN3S/c1-2-7-16-13-11(5-3-8-17-13)10-19-14-12(15)6-4-9-18-14/h3-6,8-9H,2,7,10H2,1H3,(H,16,17). The molecule has 2 rings (SSSR count). The van der Waals surface area contributed by atoms with Crippen molar-refractivity contribution in [2.24, 2.45) is 0 Å². The normalized spacial score (nSPS) is 10.4. The van der Waals surface area contributed by atoms with Crippen molar-refractivity contribution in [2.75, 3.05) is 11.9 Å². The molecular formula is C14H16ClN3S. The molecule has 2 aromatic heterocycles. The van der Waals surface area contributed by atoms with E-state index in [1.807, 2.05) is 18.2 Å². The SMILES string of the molecule is CCCNc1ncccc1CSc1ncccc1Cl. The van der Waals surface area contributed by atoms with Crippen LogP contribution in [0, 0.1) is 0 Å². The maximum atomic E-state index is 6.10. The van der Waals surface area contributed by atoms with Gasteiger partial charge in [0.05, 0.1) is 5.02 Å². The van der Waals surface area contributed by atoms with Crippen LogP contribution < -0.4 is 5.32 Å². The summed E-state index contributed by atoms with van der Waals surface area (Å²) >= 11 is 7.72. The first-order valence-electron chi connectivity index (χ1n) is 6.22. The fraction of sp³-hybridized carbons (Fsp3) is 0.286. The lowest BCUT2D eigenvalue weighted by atomic mass is 10.3. The maximum absolute atomic E-state index is 6.10. The Morgan fingerprint density at radius 2 is 2.00 bits per heavy atom. The van der Waals surface area contributed by atoms with E-state index in [9.17, 15) is 0 Å². The molecule has 0 saturated heterocycles. The number of hydrogen-bond donors (Lipinski definition) is 1. The zero-order valence-corrected chi connectivity index (χ0v) is 12.3. The fourth-order valence-corrected chi connectivity index (χ4v) is 2.73. The van der Waals surface area contributed by atoms with Crippen LogP contribution in [0.4, 0.5) is 5.82 Å². The summed E-state index contributed by atoms with van der Waals surface area (Å²) in [6.07, 6.45) is 4.64. The first-order valence-corrected chi connectivity index (χ1v) is 7.58. The summed E-state index contributed by atoms with van der Waals surface area (Å²) < 4.78 is 0. The number of aromatic nitrogens is 2. The molecular weight excluding hydrogens is 278 g/mol. The molecule has 0 amide bonds. The first kappa shape index (κ1) is 14.2. The van der Waals surface area contributed by atoms with E-state index in [4.69, 9.17) is 11.6 Å². The molecule has 2 heterocycles. The van der Waals surface area contributed by atoms with Crippen molar-refractivity contribution in [1.29, 1.82) is 0 Å². The molecule has 5 heteroatoms. The molecule has 0 unspecified atom stereocenters. The van der Waals surface area contributed by atoms with Crippen LogP contribution in [0.3, 0.4) is 0 Å². The molecule has 0 aliphatic carbocycles. The van der Waals surface area contributed by atoms with E-state index in [1.54, 1.807) is 24.2 Å². The quantitative estimate of drug-likeness (QED) is 0.808. The van der Waals surface area contributed by atoms with E-state index >= 15 is 0 Å². The van der Waals surface area contributed by atoms with E-state index in [-0.39, 0.29) is 0 Å². The van der Waals surface area contributed by atoms with Gasteiger partial charge in [0.25, 0.3) is 0 Å². The number of anilines is 1. The number of nitrogens with zero attached hydrogens (tertiary/aromatic N) is 2. The van der Waals surface area contributed by atoms with Crippen LogP contribution in [-0.4, -0.2) is 16.5 Å². The molecule has 3 nitrogen and oxygen atoms in total. The number of halogens is 1. The third-order valence-corrected chi connectivity index (χ3v) is 3.99. The molecule has 0 fully saturated rings. The van der Waals surface area contributed by atoms with Gasteiger partial charge < -0.3 is 5.32 Å². The fourth-order valence-electron chi connectivity index (χ4n) is 1.58. The Bertz CT molecular complexity index is 534. The molecule has 0 bridgehead atoms. The minimum absolute atomic E-state index is 0.694. The summed E-state index contributed by atoms with van der Waals surface area (Å²) in [7, 11) is 0. The summed E-state index contributed by atoms with van der Waals surface area (Å²) in [5.41, 5.74) is 1.17. The Hall–Kier alpha value is -1.26. The topological polar surface area (TPSA) is 37.8 Å². The number of pyridine rings is 2. The van der Waals surface area contributed by atoms with Gasteiger partial charge >= 0.3 is 0 Å². The summed E-state index contributed by atoms with van der Waals surface area (Å²) in [5, 5.41) is 4.89. The van der Waals surface area contributed by atoms with Crippen molar-refractivity contribution in [3.8, 4) is 0 Å². The van der Waals surface area contributed by atoms with Crippen LogP contribution in [0.25, 0.3) is 0 Å². The van der Waals surface area contributed by atoms with E-state index in [1.165, 1.54) is 5.56 Å². The van der Waals surface area contributed by atoms with Crippen molar-refractivity contribution < 1.29 is 0 Å². The molecule has 2 aromatic rings. The van der Waals surface area contributed by atoms with Gasteiger partial charge in [0.15, 0.2) is 0 Å². The number of hydrogen-bond acceptors (Lipinski definition) is 4. The molecule has 0 aliphatic rings. The third-order valence-electron chi connectivity index (χ3n) is 2.52. The lowest BCUT2D eigenvalue weighted by Crippen LogP contribution is -2.04. The minimum atomic E-state index is 0.694. The van der Waals surface area contributed by atoms with Crippen LogP contribution >= 0.6 is 23.4 Å². The van der Waals surface area contributed by atoms with Crippen LogP contribution in [-0.2, 0) is 5.75 Å². The van der Waals surface area contributed by atoms with Crippen molar-refractivity contribution in [2.45, 2.75) is 24.1 Å². The number of nitrogens with one attached hydrogen (secondary N) is 1.